The van der Waals surface area contributed by atoms with Crippen molar-refractivity contribution in [1.82, 2.24) is 19.8 Å². The van der Waals surface area contributed by atoms with Gasteiger partial charge in [0, 0.05) is 13.5 Å². The normalized spacial score (nSPS) is 21.7. The third-order valence-corrected chi connectivity index (χ3v) is 6.24. The first-order valence-corrected chi connectivity index (χ1v) is 10.8. The molecule has 4 rings (SSSR count). The summed E-state index contributed by atoms with van der Waals surface area (Å²) in [4.78, 5) is 36.9. The molecular weight excluding hydrogens is 384 g/mol. The summed E-state index contributed by atoms with van der Waals surface area (Å²) < 4.78 is 9.36. The minimum absolute atomic E-state index is 0.137. The first-order chi connectivity index (χ1) is 14.5. The van der Waals surface area contributed by atoms with Crippen LogP contribution in [-0.2, 0) is 27.8 Å². The van der Waals surface area contributed by atoms with Crippen molar-refractivity contribution < 1.29 is 14.3 Å². The maximum atomic E-state index is 13.0. The molecule has 3 heterocycles. The standard InChI is InChI=1S/C22H30N4O4/c1-14(30-16-10-12-23-13-11-16)6-7-15-4-3-5-17-20(15)25(2)22(29)26(17)18-8-9-19(27)24-21(18)28/h3-5,14,16,18,23H,6-13H2,1-2H3,(H,24,27,28). The van der Waals surface area contributed by atoms with Crippen LogP contribution in [0.1, 0.15) is 50.6 Å². The van der Waals surface area contributed by atoms with E-state index in [1.54, 1.807) is 11.6 Å². The molecule has 0 aliphatic carbocycles. The average Bonchev–Trinajstić information content (AvgIpc) is 2.98. The Kier molecular flexibility index (Phi) is 6.06. The predicted octanol–water partition coefficient (Wildman–Crippen LogP) is 1.41. The van der Waals surface area contributed by atoms with Crippen LogP contribution in [-0.4, -0.2) is 46.2 Å². The van der Waals surface area contributed by atoms with Gasteiger partial charge in [0.2, 0.25) is 11.8 Å². The molecular formula is C22H30N4O4. The number of piperidine rings is 2. The van der Waals surface area contributed by atoms with Gasteiger partial charge in [0.05, 0.1) is 23.2 Å². The van der Waals surface area contributed by atoms with Crippen molar-refractivity contribution in [1.29, 1.82) is 0 Å². The van der Waals surface area contributed by atoms with E-state index in [4.69, 9.17) is 4.74 Å². The zero-order chi connectivity index (χ0) is 21.3. The molecule has 2 aliphatic heterocycles. The monoisotopic (exact) mass is 414 g/mol. The Morgan fingerprint density at radius 1 is 1.17 bits per heavy atom. The topological polar surface area (TPSA) is 94.4 Å². The fourth-order valence-corrected chi connectivity index (χ4v) is 4.64. The van der Waals surface area contributed by atoms with E-state index in [9.17, 15) is 14.4 Å². The quantitative estimate of drug-likeness (QED) is 0.697. The maximum Gasteiger partial charge on any atom is 0.329 e. The van der Waals surface area contributed by atoms with Gasteiger partial charge in [-0.05, 0) is 63.7 Å². The number of amides is 2. The van der Waals surface area contributed by atoms with E-state index in [-0.39, 0.29) is 24.1 Å². The SMILES string of the molecule is CC(CCc1cccc2c1n(C)c(=O)n2C1CCC(=O)NC1=O)OC1CCNCC1. The number of hydrogen-bond donors (Lipinski definition) is 2. The Labute approximate surface area is 175 Å². The van der Waals surface area contributed by atoms with Gasteiger partial charge in [-0.25, -0.2) is 4.79 Å². The van der Waals surface area contributed by atoms with Gasteiger partial charge in [-0.3, -0.25) is 24.0 Å². The molecule has 0 bridgehead atoms. The lowest BCUT2D eigenvalue weighted by atomic mass is 10.0. The number of fused-ring (bicyclic) bond motifs is 1. The summed E-state index contributed by atoms with van der Waals surface area (Å²) in [6.07, 6.45) is 4.77. The number of rotatable bonds is 6. The lowest BCUT2D eigenvalue weighted by Gasteiger charge is -2.26. The number of imidazole rings is 1. The van der Waals surface area contributed by atoms with Crippen molar-refractivity contribution in [2.45, 2.75) is 63.7 Å². The van der Waals surface area contributed by atoms with E-state index in [0.717, 1.165) is 55.4 Å². The molecule has 2 fully saturated rings. The number of carbonyl (C=O) groups is 2. The Bertz CT molecular complexity index is 1000. The highest BCUT2D eigenvalue weighted by Crippen LogP contribution is 2.26. The van der Waals surface area contributed by atoms with Crippen molar-refractivity contribution in [3.05, 3.63) is 34.2 Å². The molecule has 1 aromatic heterocycles. The van der Waals surface area contributed by atoms with E-state index >= 15 is 0 Å². The summed E-state index contributed by atoms with van der Waals surface area (Å²) in [5.74, 6) is -0.691. The summed E-state index contributed by atoms with van der Waals surface area (Å²) in [7, 11) is 1.74. The Hall–Kier alpha value is -2.45. The molecule has 162 valence electrons. The number of para-hydroxylation sites is 1. The fourth-order valence-electron chi connectivity index (χ4n) is 4.64. The van der Waals surface area contributed by atoms with Crippen LogP contribution in [0.15, 0.2) is 23.0 Å². The number of nitrogens with one attached hydrogen (secondary N) is 2. The molecule has 2 aliphatic rings. The first-order valence-electron chi connectivity index (χ1n) is 10.8. The Morgan fingerprint density at radius 2 is 1.93 bits per heavy atom. The van der Waals surface area contributed by atoms with Crippen molar-refractivity contribution in [2.75, 3.05) is 13.1 Å². The van der Waals surface area contributed by atoms with E-state index in [2.05, 4.69) is 17.6 Å². The van der Waals surface area contributed by atoms with E-state index < -0.39 is 11.9 Å². The minimum atomic E-state index is -0.656. The molecule has 0 radical (unpaired) electrons. The molecule has 2 aromatic rings. The highest BCUT2D eigenvalue weighted by molar-refractivity contribution is 6.00. The average molecular weight is 415 g/mol. The smallest absolute Gasteiger partial charge is 0.329 e. The lowest BCUT2D eigenvalue weighted by Crippen LogP contribution is -2.44. The highest BCUT2D eigenvalue weighted by atomic mass is 16.5. The maximum absolute atomic E-state index is 13.0. The Morgan fingerprint density at radius 3 is 2.67 bits per heavy atom. The Balaban J connectivity index is 1.56. The largest absolute Gasteiger partial charge is 0.375 e. The molecule has 2 unspecified atom stereocenters. The van der Waals surface area contributed by atoms with Crippen LogP contribution in [0.25, 0.3) is 11.0 Å². The zero-order valence-electron chi connectivity index (χ0n) is 17.6. The molecule has 2 N–H and O–H groups in total. The van der Waals surface area contributed by atoms with Crippen LogP contribution in [0.2, 0.25) is 0 Å². The van der Waals surface area contributed by atoms with E-state index in [0.29, 0.717) is 12.5 Å². The molecule has 8 heteroatoms. The van der Waals surface area contributed by atoms with Crippen molar-refractivity contribution in [3.8, 4) is 0 Å². The molecule has 2 atom stereocenters. The molecule has 2 saturated heterocycles. The second-order valence-electron chi connectivity index (χ2n) is 8.40. The lowest BCUT2D eigenvalue weighted by molar-refractivity contribution is -0.135. The summed E-state index contributed by atoms with van der Waals surface area (Å²) >= 11 is 0. The van der Waals surface area contributed by atoms with Crippen molar-refractivity contribution in [2.24, 2.45) is 7.05 Å². The van der Waals surface area contributed by atoms with Crippen LogP contribution in [0.5, 0.6) is 0 Å². The van der Waals surface area contributed by atoms with Gasteiger partial charge in [0.1, 0.15) is 6.04 Å². The number of aromatic nitrogens is 2. The summed E-state index contributed by atoms with van der Waals surface area (Å²) in [5, 5.41) is 5.71. The van der Waals surface area contributed by atoms with Gasteiger partial charge in [0.15, 0.2) is 0 Å². The number of carbonyl (C=O) groups excluding carboxylic acids is 2. The van der Waals surface area contributed by atoms with Gasteiger partial charge >= 0.3 is 5.69 Å². The number of ether oxygens (including phenoxy) is 1. The predicted molar refractivity (Wildman–Crippen MR) is 113 cm³/mol. The molecule has 2 amide bonds. The van der Waals surface area contributed by atoms with E-state index in [1.807, 2.05) is 18.2 Å². The highest BCUT2D eigenvalue weighted by Gasteiger charge is 2.31. The van der Waals surface area contributed by atoms with Gasteiger partial charge in [-0.1, -0.05) is 12.1 Å². The summed E-state index contributed by atoms with van der Waals surface area (Å²) in [5.41, 5.74) is 2.42. The van der Waals surface area contributed by atoms with Crippen LogP contribution in [0, 0.1) is 0 Å². The molecule has 8 nitrogen and oxygen atoms in total. The summed E-state index contributed by atoms with van der Waals surface area (Å²) in [6, 6.07) is 5.18. The van der Waals surface area contributed by atoms with Gasteiger partial charge in [-0.15, -0.1) is 0 Å². The van der Waals surface area contributed by atoms with Crippen LogP contribution < -0.4 is 16.3 Å². The number of hydrogen-bond acceptors (Lipinski definition) is 5. The van der Waals surface area contributed by atoms with Crippen LogP contribution in [0.3, 0.4) is 0 Å². The number of imide groups is 1. The van der Waals surface area contributed by atoms with Crippen LogP contribution >= 0.6 is 0 Å². The van der Waals surface area contributed by atoms with E-state index in [1.165, 1.54) is 4.57 Å². The first kappa shape index (κ1) is 20.8. The molecule has 30 heavy (non-hydrogen) atoms. The van der Waals surface area contributed by atoms with Crippen LogP contribution in [0.4, 0.5) is 0 Å². The third kappa shape index (κ3) is 4.06. The second kappa shape index (κ2) is 8.73. The van der Waals surface area contributed by atoms with Gasteiger partial charge in [0.25, 0.3) is 0 Å². The molecule has 0 spiro atoms. The fraction of sp³-hybridized carbons (Fsp3) is 0.591. The number of benzene rings is 1. The zero-order valence-corrected chi connectivity index (χ0v) is 17.6. The molecule has 1 aromatic carbocycles. The summed E-state index contributed by atoms with van der Waals surface area (Å²) in [6.45, 7) is 4.12. The third-order valence-electron chi connectivity index (χ3n) is 6.24. The number of aryl methyl sites for hydroxylation is 2. The van der Waals surface area contributed by atoms with Gasteiger partial charge < -0.3 is 10.1 Å². The molecule has 0 saturated carbocycles. The number of nitrogens with zero attached hydrogens (tertiary/aromatic N) is 2. The second-order valence-corrected chi connectivity index (χ2v) is 8.40. The van der Waals surface area contributed by atoms with Crippen molar-refractivity contribution in [3.63, 3.8) is 0 Å². The van der Waals surface area contributed by atoms with Gasteiger partial charge in [-0.2, -0.15) is 0 Å². The van der Waals surface area contributed by atoms with Crippen molar-refractivity contribution >= 4 is 22.8 Å². The minimum Gasteiger partial charge on any atom is -0.375 e.